The lowest BCUT2D eigenvalue weighted by Crippen LogP contribution is -2.27. The molecule has 0 radical (unpaired) electrons. The molecule has 0 spiro atoms. The first-order chi connectivity index (χ1) is 12.8. The Bertz CT molecular complexity index is 1120. The van der Waals surface area contributed by atoms with E-state index in [2.05, 4.69) is 20.2 Å². The van der Waals surface area contributed by atoms with Crippen molar-refractivity contribution in [1.82, 2.24) is 20.2 Å². The second-order valence-electron chi connectivity index (χ2n) is 5.49. The number of aryl methyl sites for hydroxylation is 1. The molecule has 0 saturated heterocycles. The number of nitrogens with zero attached hydrogens (tertiary/aromatic N) is 2. The number of halogens is 2. The molecule has 0 aliphatic carbocycles. The average Bonchev–Trinajstić information content (AvgIpc) is 3.06. The molecule has 2 heterocycles. The first-order valence-corrected chi connectivity index (χ1v) is 8.57. The largest absolute Gasteiger partial charge is 0.416 e. The second kappa shape index (κ2) is 7.66. The number of rotatable bonds is 6. The molecule has 0 saturated carbocycles. The fourth-order valence-electron chi connectivity index (χ4n) is 2.24. The van der Waals surface area contributed by atoms with E-state index >= 15 is 0 Å². The normalized spacial score (nSPS) is 10.9. The van der Waals surface area contributed by atoms with E-state index in [4.69, 9.17) is 4.42 Å². The molecule has 27 heavy (non-hydrogen) atoms. The van der Waals surface area contributed by atoms with Crippen molar-refractivity contribution in [3.8, 4) is 0 Å². The van der Waals surface area contributed by atoms with Gasteiger partial charge in [-0.15, -0.1) is 10.2 Å². The van der Waals surface area contributed by atoms with Gasteiger partial charge in [0, 0.05) is 16.8 Å². The summed E-state index contributed by atoms with van der Waals surface area (Å²) in [5, 5.41) is 7.63. The molecule has 8 nitrogen and oxygen atoms in total. The maximum atomic E-state index is 13.2. The summed E-state index contributed by atoms with van der Waals surface area (Å²) in [5.74, 6) is -2.57. The van der Waals surface area contributed by atoms with E-state index in [-0.39, 0.29) is 34.4 Å². The van der Waals surface area contributed by atoms with Crippen LogP contribution in [0.2, 0.25) is 0 Å². The van der Waals surface area contributed by atoms with E-state index in [1.807, 2.05) is 0 Å². The zero-order valence-corrected chi connectivity index (χ0v) is 14.7. The van der Waals surface area contributed by atoms with Crippen molar-refractivity contribution in [1.29, 1.82) is 0 Å². The van der Waals surface area contributed by atoms with E-state index in [1.54, 1.807) is 6.92 Å². The molecule has 1 aromatic carbocycles. The van der Waals surface area contributed by atoms with Gasteiger partial charge in [-0.25, -0.2) is 13.6 Å². The van der Waals surface area contributed by atoms with Crippen LogP contribution >= 0.6 is 11.8 Å². The highest BCUT2D eigenvalue weighted by Crippen LogP contribution is 2.19. The first-order valence-electron chi connectivity index (χ1n) is 7.59. The van der Waals surface area contributed by atoms with Crippen molar-refractivity contribution in [2.45, 2.75) is 18.6 Å². The smallest absolute Gasteiger partial charge is 0.325 e. The first kappa shape index (κ1) is 18.7. The lowest BCUT2D eigenvalue weighted by molar-refractivity contribution is 0.102. The van der Waals surface area contributed by atoms with Crippen molar-refractivity contribution in [3.63, 3.8) is 0 Å². The molecule has 0 amide bonds. The zero-order chi connectivity index (χ0) is 19.6. The van der Waals surface area contributed by atoms with Crippen LogP contribution in [0.4, 0.5) is 8.78 Å². The number of hydrogen-bond acceptors (Lipinski definition) is 7. The molecule has 11 heteroatoms. The van der Waals surface area contributed by atoms with Crippen LogP contribution in [0.1, 0.15) is 27.5 Å². The minimum absolute atomic E-state index is 0.00261. The standard InChI is InChI=1S/C16H12F2N4O4S/c1-7-9(14(24)20-15(25)19-7)5-13-21-22-16(26-13)27-6-12(23)8-2-3-10(17)11(18)4-8/h2-4H,5-6H2,1H3,(H2,19,20,24,25). The number of H-pyrrole nitrogens is 2. The summed E-state index contributed by atoms with van der Waals surface area (Å²) >= 11 is 0.926. The van der Waals surface area contributed by atoms with Gasteiger partial charge in [0.25, 0.3) is 10.8 Å². The van der Waals surface area contributed by atoms with Crippen LogP contribution in [0.25, 0.3) is 0 Å². The number of aromatic amines is 2. The number of nitrogens with one attached hydrogen (secondary N) is 2. The van der Waals surface area contributed by atoms with Gasteiger partial charge in [-0.1, -0.05) is 11.8 Å². The molecule has 140 valence electrons. The molecule has 2 N–H and O–H groups in total. The molecule has 3 aromatic rings. The summed E-state index contributed by atoms with van der Waals surface area (Å²) < 4.78 is 31.4. The van der Waals surface area contributed by atoms with Crippen LogP contribution in [0.3, 0.4) is 0 Å². The lowest BCUT2D eigenvalue weighted by atomic mass is 10.1. The number of hydrogen-bond donors (Lipinski definition) is 2. The molecule has 0 fully saturated rings. The quantitative estimate of drug-likeness (QED) is 0.481. The van der Waals surface area contributed by atoms with Gasteiger partial charge in [0.2, 0.25) is 5.89 Å². The monoisotopic (exact) mass is 394 g/mol. The van der Waals surface area contributed by atoms with Crippen molar-refractivity contribution in [2.24, 2.45) is 0 Å². The van der Waals surface area contributed by atoms with Gasteiger partial charge >= 0.3 is 5.69 Å². The topological polar surface area (TPSA) is 122 Å². The van der Waals surface area contributed by atoms with Gasteiger partial charge in [0.15, 0.2) is 17.4 Å². The Hall–Kier alpha value is -3.08. The molecule has 3 rings (SSSR count). The number of Topliss-reactive ketones (excluding diaryl/α,β-unsaturated/α-hetero) is 1. The van der Waals surface area contributed by atoms with Crippen LogP contribution in [-0.2, 0) is 6.42 Å². The predicted molar refractivity (Wildman–Crippen MR) is 90.9 cm³/mol. The van der Waals surface area contributed by atoms with E-state index in [0.29, 0.717) is 5.69 Å². The summed E-state index contributed by atoms with van der Waals surface area (Å²) in [6.07, 6.45) is 0.00261. The van der Waals surface area contributed by atoms with Crippen LogP contribution in [0.15, 0.2) is 37.4 Å². The Labute approximate surface area is 154 Å². The Morgan fingerprint density at radius 3 is 2.67 bits per heavy atom. The van der Waals surface area contributed by atoms with Gasteiger partial charge in [-0.05, 0) is 25.1 Å². The van der Waals surface area contributed by atoms with Gasteiger partial charge in [0.05, 0.1) is 12.2 Å². The van der Waals surface area contributed by atoms with E-state index in [9.17, 15) is 23.2 Å². The minimum Gasteiger partial charge on any atom is -0.416 e. The maximum absolute atomic E-state index is 13.2. The maximum Gasteiger partial charge on any atom is 0.325 e. The molecule has 0 aliphatic heterocycles. The van der Waals surface area contributed by atoms with Gasteiger partial charge in [-0.2, -0.15) is 0 Å². The summed E-state index contributed by atoms with van der Waals surface area (Å²) in [6, 6.07) is 2.89. The lowest BCUT2D eigenvalue weighted by Gasteiger charge is -2.01. The molecular formula is C16H12F2N4O4S. The van der Waals surface area contributed by atoms with E-state index < -0.39 is 28.7 Å². The Balaban J connectivity index is 1.66. The number of benzene rings is 1. The minimum atomic E-state index is -1.10. The summed E-state index contributed by atoms with van der Waals surface area (Å²) in [5.41, 5.74) is -0.496. The Morgan fingerprint density at radius 1 is 1.19 bits per heavy atom. The Morgan fingerprint density at radius 2 is 1.96 bits per heavy atom. The fourth-order valence-corrected chi connectivity index (χ4v) is 2.91. The number of aromatic nitrogens is 4. The van der Waals surface area contributed by atoms with Crippen molar-refractivity contribution >= 4 is 17.5 Å². The number of ketones is 1. The van der Waals surface area contributed by atoms with Gasteiger partial charge in [-0.3, -0.25) is 14.6 Å². The highest BCUT2D eigenvalue weighted by Gasteiger charge is 2.15. The molecule has 0 aliphatic rings. The highest BCUT2D eigenvalue weighted by molar-refractivity contribution is 7.99. The van der Waals surface area contributed by atoms with Crippen LogP contribution in [0.5, 0.6) is 0 Å². The third-order valence-electron chi connectivity index (χ3n) is 3.60. The zero-order valence-electron chi connectivity index (χ0n) is 13.8. The average molecular weight is 394 g/mol. The predicted octanol–water partition coefficient (Wildman–Crippen LogP) is 1.60. The molecule has 0 unspecified atom stereocenters. The van der Waals surface area contributed by atoms with E-state index in [0.717, 1.165) is 23.9 Å². The van der Waals surface area contributed by atoms with E-state index in [1.165, 1.54) is 6.07 Å². The SMILES string of the molecule is Cc1[nH]c(=O)[nH]c(=O)c1Cc1nnc(SCC(=O)c2ccc(F)c(F)c2)o1. The molecular weight excluding hydrogens is 382 g/mol. The van der Waals surface area contributed by atoms with Crippen LogP contribution in [-0.4, -0.2) is 31.7 Å². The van der Waals surface area contributed by atoms with Gasteiger partial charge in [0.1, 0.15) is 0 Å². The summed E-state index contributed by atoms with van der Waals surface area (Å²) in [4.78, 5) is 39.6. The van der Waals surface area contributed by atoms with Crippen molar-refractivity contribution < 1.29 is 18.0 Å². The summed E-state index contributed by atoms with van der Waals surface area (Å²) in [7, 11) is 0. The van der Waals surface area contributed by atoms with Crippen LogP contribution < -0.4 is 11.2 Å². The third kappa shape index (κ3) is 4.37. The Kier molecular flexibility index (Phi) is 5.31. The molecule has 2 aromatic heterocycles. The van der Waals surface area contributed by atoms with Gasteiger partial charge < -0.3 is 9.40 Å². The van der Waals surface area contributed by atoms with Crippen molar-refractivity contribution in [2.75, 3.05) is 5.75 Å². The summed E-state index contributed by atoms with van der Waals surface area (Å²) in [6.45, 7) is 1.57. The molecule has 0 bridgehead atoms. The number of carbonyl (C=O) groups is 1. The fraction of sp³-hybridized carbons (Fsp3) is 0.188. The highest BCUT2D eigenvalue weighted by atomic mass is 32.2. The number of thioether (sulfide) groups is 1. The number of carbonyl (C=O) groups excluding carboxylic acids is 1. The second-order valence-corrected chi connectivity index (χ2v) is 6.42. The van der Waals surface area contributed by atoms with Crippen LogP contribution in [0, 0.1) is 18.6 Å². The molecule has 0 atom stereocenters. The third-order valence-corrected chi connectivity index (χ3v) is 4.42. The van der Waals surface area contributed by atoms with Crippen molar-refractivity contribution in [3.05, 3.63) is 73.4 Å².